The number of hydrogen-bond acceptors (Lipinski definition) is 4. The number of nitrogens with one attached hydrogen (secondary N) is 1. The van der Waals surface area contributed by atoms with E-state index in [0.29, 0.717) is 23.1 Å². The van der Waals surface area contributed by atoms with E-state index in [1.54, 1.807) is 24.3 Å². The zero-order chi connectivity index (χ0) is 18.4. The van der Waals surface area contributed by atoms with E-state index >= 15 is 0 Å². The van der Waals surface area contributed by atoms with Gasteiger partial charge in [-0.15, -0.1) is 0 Å². The molecule has 1 N–H and O–H groups in total. The SMILES string of the molecule is CC(=O)c1cccc(OCC(=O)Nc2ccc(OC3CCCC3)cc2)c1. The van der Waals surface area contributed by atoms with Crippen LogP contribution in [-0.4, -0.2) is 24.4 Å². The molecule has 0 spiro atoms. The monoisotopic (exact) mass is 353 g/mol. The van der Waals surface area contributed by atoms with E-state index in [4.69, 9.17) is 9.47 Å². The first-order valence-electron chi connectivity index (χ1n) is 8.90. The van der Waals surface area contributed by atoms with Crippen LogP contribution < -0.4 is 14.8 Å². The van der Waals surface area contributed by atoms with Crippen molar-refractivity contribution in [2.24, 2.45) is 0 Å². The Kier molecular flexibility index (Phi) is 5.89. The average molecular weight is 353 g/mol. The molecule has 2 aromatic carbocycles. The van der Waals surface area contributed by atoms with Gasteiger partial charge in [0.15, 0.2) is 12.4 Å². The Morgan fingerprint density at radius 3 is 2.46 bits per heavy atom. The number of Topliss-reactive ketones (excluding diaryl/α,β-unsaturated/α-hetero) is 1. The van der Waals surface area contributed by atoms with Crippen LogP contribution in [0.15, 0.2) is 48.5 Å². The standard InChI is InChI=1S/C21H23NO4/c1-15(23)16-5-4-8-20(13-16)25-14-21(24)22-17-9-11-19(12-10-17)26-18-6-2-3-7-18/h4-5,8-13,18H,2-3,6-7,14H2,1H3,(H,22,24). The fourth-order valence-corrected chi connectivity index (χ4v) is 2.97. The molecular formula is C21H23NO4. The van der Waals surface area contributed by atoms with E-state index in [9.17, 15) is 9.59 Å². The molecule has 0 heterocycles. The molecular weight excluding hydrogens is 330 g/mol. The minimum atomic E-state index is -0.261. The number of carbonyl (C=O) groups is 2. The number of carbonyl (C=O) groups excluding carboxylic acids is 2. The fraction of sp³-hybridized carbons (Fsp3) is 0.333. The van der Waals surface area contributed by atoms with E-state index in [2.05, 4.69) is 5.32 Å². The predicted octanol–water partition coefficient (Wildman–Crippen LogP) is 4.23. The van der Waals surface area contributed by atoms with Crippen molar-refractivity contribution in [3.8, 4) is 11.5 Å². The number of ketones is 1. The third kappa shape index (κ3) is 5.09. The highest BCUT2D eigenvalue weighted by atomic mass is 16.5. The number of benzene rings is 2. The number of rotatable bonds is 7. The molecule has 3 rings (SSSR count). The van der Waals surface area contributed by atoms with Crippen LogP contribution in [0.2, 0.25) is 0 Å². The highest BCUT2D eigenvalue weighted by Gasteiger charge is 2.16. The Balaban J connectivity index is 1.48. The van der Waals surface area contributed by atoms with Gasteiger partial charge in [0.05, 0.1) is 6.10 Å². The second-order valence-electron chi connectivity index (χ2n) is 6.47. The minimum Gasteiger partial charge on any atom is -0.490 e. The summed E-state index contributed by atoms with van der Waals surface area (Å²) in [4.78, 5) is 23.4. The van der Waals surface area contributed by atoms with Crippen molar-refractivity contribution in [2.45, 2.75) is 38.7 Å². The Morgan fingerprint density at radius 1 is 1.04 bits per heavy atom. The van der Waals surface area contributed by atoms with Gasteiger partial charge in [0.1, 0.15) is 11.5 Å². The smallest absolute Gasteiger partial charge is 0.262 e. The third-order valence-electron chi connectivity index (χ3n) is 4.35. The van der Waals surface area contributed by atoms with Gasteiger partial charge in [-0.1, -0.05) is 12.1 Å². The van der Waals surface area contributed by atoms with Crippen LogP contribution in [0.5, 0.6) is 11.5 Å². The molecule has 0 radical (unpaired) electrons. The maximum atomic E-state index is 12.0. The first-order valence-corrected chi connectivity index (χ1v) is 8.90. The van der Waals surface area contributed by atoms with Crippen LogP contribution in [0.4, 0.5) is 5.69 Å². The normalized spacial score (nSPS) is 14.0. The lowest BCUT2D eigenvalue weighted by molar-refractivity contribution is -0.118. The summed E-state index contributed by atoms with van der Waals surface area (Å²) in [5.74, 6) is 1.02. The fourth-order valence-electron chi connectivity index (χ4n) is 2.97. The average Bonchev–Trinajstić information content (AvgIpc) is 3.15. The first kappa shape index (κ1) is 18.0. The van der Waals surface area contributed by atoms with Crippen LogP contribution in [0.3, 0.4) is 0 Å². The second-order valence-corrected chi connectivity index (χ2v) is 6.47. The number of anilines is 1. The lowest BCUT2D eigenvalue weighted by Gasteiger charge is -2.13. The van der Waals surface area contributed by atoms with Crippen molar-refractivity contribution in [2.75, 3.05) is 11.9 Å². The van der Waals surface area contributed by atoms with Crippen molar-refractivity contribution < 1.29 is 19.1 Å². The predicted molar refractivity (Wildman–Crippen MR) is 99.9 cm³/mol. The Morgan fingerprint density at radius 2 is 1.77 bits per heavy atom. The van der Waals surface area contributed by atoms with Gasteiger partial charge in [0, 0.05) is 11.3 Å². The Bertz CT molecular complexity index is 764. The number of hydrogen-bond donors (Lipinski definition) is 1. The van der Waals surface area contributed by atoms with Gasteiger partial charge in [-0.25, -0.2) is 0 Å². The highest BCUT2D eigenvalue weighted by molar-refractivity contribution is 5.94. The second kappa shape index (κ2) is 8.52. The van der Waals surface area contributed by atoms with Crippen LogP contribution in [0, 0.1) is 0 Å². The van der Waals surface area contributed by atoms with E-state index in [1.807, 2.05) is 24.3 Å². The maximum Gasteiger partial charge on any atom is 0.262 e. The quantitative estimate of drug-likeness (QED) is 0.757. The van der Waals surface area contributed by atoms with Crippen molar-refractivity contribution in [3.63, 3.8) is 0 Å². The topological polar surface area (TPSA) is 64.6 Å². The summed E-state index contributed by atoms with van der Waals surface area (Å²) in [6, 6.07) is 14.2. The van der Waals surface area contributed by atoms with Gasteiger partial charge in [-0.2, -0.15) is 0 Å². The summed E-state index contributed by atoms with van der Waals surface area (Å²) in [7, 11) is 0. The van der Waals surface area contributed by atoms with Gasteiger partial charge in [0.2, 0.25) is 0 Å². The zero-order valence-corrected chi connectivity index (χ0v) is 14.9. The molecule has 26 heavy (non-hydrogen) atoms. The largest absolute Gasteiger partial charge is 0.490 e. The van der Waals surface area contributed by atoms with Crippen LogP contribution in [0.25, 0.3) is 0 Å². The molecule has 5 nitrogen and oxygen atoms in total. The molecule has 1 aliphatic rings. The van der Waals surface area contributed by atoms with Crippen molar-refractivity contribution in [1.29, 1.82) is 0 Å². The van der Waals surface area contributed by atoms with Crippen molar-refractivity contribution >= 4 is 17.4 Å². The van der Waals surface area contributed by atoms with E-state index in [1.165, 1.54) is 19.8 Å². The van der Waals surface area contributed by atoms with Gasteiger partial charge in [-0.05, 0) is 69.0 Å². The molecule has 1 fully saturated rings. The summed E-state index contributed by atoms with van der Waals surface area (Å²) in [6.07, 6.45) is 5.00. The molecule has 0 bridgehead atoms. The van der Waals surface area contributed by atoms with Crippen molar-refractivity contribution in [3.05, 3.63) is 54.1 Å². The number of ether oxygens (including phenoxy) is 2. The van der Waals surface area contributed by atoms with Crippen LogP contribution >= 0.6 is 0 Å². The summed E-state index contributed by atoms with van der Waals surface area (Å²) < 4.78 is 11.4. The Hall–Kier alpha value is -2.82. The van der Waals surface area contributed by atoms with Crippen molar-refractivity contribution in [1.82, 2.24) is 0 Å². The summed E-state index contributed by atoms with van der Waals surface area (Å²) in [5.41, 5.74) is 1.25. The Labute approximate surface area is 153 Å². The zero-order valence-electron chi connectivity index (χ0n) is 14.9. The van der Waals surface area contributed by atoms with Gasteiger partial charge in [0.25, 0.3) is 5.91 Å². The molecule has 1 aliphatic carbocycles. The van der Waals surface area contributed by atoms with Gasteiger partial charge >= 0.3 is 0 Å². The van der Waals surface area contributed by atoms with E-state index in [0.717, 1.165) is 18.6 Å². The molecule has 0 unspecified atom stereocenters. The maximum absolute atomic E-state index is 12.0. The molecule has 136 valence electrons. The van der Waals surface area contributed by atoms with Gasteiger partial charge < -0.3 is 14.8 Å². The molecule has 5 heteroatoms. The summed E-state index contributed by atoms with van der Waals surface area (Å²) in [5, 5.41) is 2.78. The molecule has 2 aromatic rings. The van der Waals surface area contributed by atoms with E-state index < -0.39 is 0 Å². The molecule has 0 atom stereocenters. The minimum absolute atomic E-state index is 0.0418. The highest BCUT2D eigenvalue weighted by Crippen LogP contribution is 2.25. The molecule has 1 saturated carbocycles. The molecule has 0 saturated heterocycles. The summed E-state index contributed by atoms with van der Waals surface area (Å²) >= 11 is 0. The molecule has 0 aromatic heterocycles. The van der Waals surface area contributed by atoms with Gasteiger partial charge in [-0.3, -0.25) is 9.59 Å². The third-order valence-corrected chi connectivity index (χ3v) is 4.35. The summed E-state index contributed by atoms with van der Waals surface area (Å²) in [6.45, 7) is 1.37. The van der Waals surface area contributed by atoms with Crippen LogP contribution in [-0.2, 0) is 4.79 Å². The molecule has 1 amide bonds. The lowest BCUT2D eigenvalue weighted by Crippen LogP contribution is -2.20. The van der Waals surface area contributed by atoms with Crippen LogP contribution in [0.1, 0.15) is 43.0 Å². The molecule has 0 aliphatic heterocycles. The lowest BCUT2D eigenvalue weighted by atomic mass is 10.1. The first-order chi connectivity index (χ1) is 12.6. The number of amides is 1. The van der Waals surface area contributed by atoms with E-state index in [-0.39, 0.29) is 18.3 Å².